The van der Waals surface area contributed by atoms with Gasteiger partial charge >= 0.3 is 0 Å². The minimum absolute atomic E-state index is 0.153. The lowest BCUT2D eigenvalue weighted by Gasteiger charge is -2.10. The molecule has 0 saturated heterocycles. The van der Waals surface area contributed by atoms with Crippen molar-refractivity contribution in [1.82, 2.24) is 9.55 Å². The van der Waals surface area contributed by atoms with E-state index in [2.05, 4.69) is 10.3 Å². The number of nitrogens with zero attached hydrogens (tertiary/aromatic N) is 2. The molecule has 0 aliphatic heterocycles. The summed E-state index contributed by atoms with van der Waals surface area (Å²) in [4.78, 5) is 15.8. The first kappa shape index (κ1) is 15.2. The zero-order chi connectivity index (χ0) is 15.4. The number of ketones is 1. The normalized spacial score (nSPS) is 10.7. The van der Waals surface area contributed by atoms with E-state index in [4.69, 9.17) is 9.47 Å². The lowest BCUT2D eigenvalue weighted by atomic mass is 10.2. The Morgan fingerprint density at radius 2 is 1.95 bits per heavy atom. The van der Waals surface area contributed by atoms with E-state index in [1.54, 1.807) is 21.1 Å². The number of Topliss-reactive ketones (excluding diaryl/α,β-unsaturated/α-hetero) is 1. The standard InChI is InChI=1S/C15H21N3O3/c1-5-16-15-17-11-8-13(20-3)14(21-4)9-12(11)18(15)7-6-10(2)19/h8-9H,5-7H2,1-4H3,(H,16,17). The number of carbonyl (C=O) groups is 1. The molecule has 1 N–H and O–H groups in total. The van der Waals surface area contributed by atoms with E-state index >= 15 is 0 Å². The maximum atomic E-state index is 11.3. The summed E-state index contributed by atoms with van der Waals surface area (Å²) in [6, 6.07) is 3.74. The van der Waals surface area contributed by atoms with Crippen molar-refractivity contribution in [3.8, 4) is 11.5 Å². The Bertz CT molecular complexity index is 649. The van der Waals surface area contributed by atoms with Crippen molar-refractivity contribution < 1.29 is 14.3 Å². The second kappa shape index (κ2) is 6.47. The highest BCUT2D eigenvalue weighted by Crippen LogP contribution is 2.33. The van der Waals surface area contributed by atoms with Gasteiger partial charge in [-0.3, -0.25) is 4.79 Å². The number of anilines is 1. The highest BCUT2D eigenvalue weighted by Gasteiger charge is 2.15. The molecule has 1 aromatic heterocycles. The Labute approximate surface area is 124 Å². The molecule has 6 heteroatoms. The van der Waals surface area contributed by atoms with Gasteiger partial charge < -0.3 is 19.4 Å². The molecule has 2 rings (SSSR count). The molecule has 0 saturated carbocycles. The van der Waals surface area contributed by atoms with Gasteiger partial charge in [0.1, 0.15) is 5.78 Å². The second-order valence-corrected chi connectivity index (χ2v) is 4.77. The number of carbonyl (C=O) groups excluding carboxylic acids is 1. The molecule has 1 heterocycles. The molecule has 0 aliphatic carbocycles. The number of fused-ring (bicyclic) bond motifs is 1. The number of aryl methyl sites for hydroxylation is 1. The Morgan fingerprint density at radius 1 is 1.29 bits per heavy atom. The molecule has 0 spiro atoms. The third kappa shape index (κ3) is 3.09. The lowest BCUT2D eigenvalue weighted by Crippen LogP contribution is -2.09. The summed E-state index contributed by atoms with van der Waals surface area (Å²) in [7, 11) is 3.20. The van der Waals surface area contributed by atoms with Gasteiger partial charge in [-0.1, -0.05) is 0 Å². The van der Waals surface area contributed by atoms with Gasteiger partial charge in [-0.15, -0.1) is 0 Å². The van der Waals surface area contributed by atoms with E-state index < -0.39 is 0 Å². The number of hydrogen-bond acceptors (Lipinski definition) is 5. The van der Waals surface area contributed by atoms with Gasteiger partial charge in [-0.05, 0) is 13.8 Å². The van der Waals surface area contributed by atoms with E-state index in [1.807, 2.05) is 23.6 Å². The van der Waals surface area contributed by atoms with Gasteiger partial charge in [-0.2, -0.15) is 0 Å². The number of hydrogen-bond donors (Lipinski definition) is 1. The first-order valence-corrected chi connectivity index (χ1v) is 6.96. The summed E-state index contributed by atoms with van der Waals surface area (Å²) in [6.07, 6.45) is 0.470. The van der Waals surface area contributed by atoms with Gasteiger partial charge in [0, 0.05) is 31.6 Å². The molecular formula is C15H21N3O3. The summed E-state index contributed by atoms with van der Waals surface area (Å²) in [6.45, 7) is 4.95. The van der Waals surface area contributed by atoms with Crippen LogP contribution in [-0.2, 0) is 11.3 Å². The summed E-state index contributed by atoms with van der Waals surface area (Å²) in [5, 5.41) is 3.22. The fourth-order valence-electron chi connectivity index (χ4n) is 2.24. The van der Waals surface area contributed by atoms with E-state index in [0.717, 1.165) is 23.5 Å². The monoisotopic (exact) mass is 291 g/mol. The Balaban J connectivity index is 2.55. The number of rotatable bonds is 7. The van der Waals surface area contributed by atoms with Crippen LogP contribution >= 0.6 is 0 Å². The van der Waals surface area contributed by atoms with Crippen molar-refractivity contribution in [1.29, 1.82) is 0 Å². The molecule has 21 heavy (non-hydrogen) atoms. The molecule has 1 aromatic carbocycles. The molecule has 0 aliphatic rings. The zero-order valence-corrected chi connectivity index (χ0v) is 12.9. The molecule has 0 unspecified atom stereocenters. The van der Waals surface area contributed by atoms with Crippen LogP contribution in [0, 0.1) is 0 Å². The number of methoxy groups -OCH3 is 2. The minimum Gasteiger partial charge on any atom is -0.493 e. The molecular weight excluding hydrogens is 270 g/mol. The molecule has 114 valence electrons. The van der Waals surface area contributed by atoms with Crippen LogP contribution < -0.4 is 14.8 Å². The Kier molecular flexibility index (Phi) is 4.67. The minimum atomic E-state index is 0.153. The van der Waals surface area contributed by atoms with Crippen LogP contribution in [0.15, 0.2) is 12.1 Å². The highest BCUT2D eigenvalue weighted by molar-refractivity contribution is 5.83. The van der Waals surface area contributed by atoms with E-state index in [9.17, 15) is 4.79 Å². The van der Waals surface area contributed by atoms with Crippen molar-refractivity contribution in [2.75, 3.05) is 26.1 Å². The predicted octanol–water partition coefficient (Wildman–Crippen LogP) is 2.46. The number of nitrogens with one attached hydrogen (secondary N) is 1. The molecule has 6 nitrogen and oxygen atoms in total. The van der Waals surface area contributed by atoms with E-state index in [1.165, 1.54) is 0 Å². The SMILES string of the molecule is CCNc1nc2cc(OC)c(OC)cc2n1CCC(C)=O. The van der Waals surface area contributed by atoms with Crippen LogP contribution in [0.5, 0.6) is 11.5 Å². The van der Waals surface area contributed by atoms with Crippen molar-refractivity contribution in [3.63, 3.8) is 0 Å². The molecule has 2 aromatic rings. The molecule has 0 atom stereocenters. The topological polar surface area (TPSA) is 65.4 Å². The first-order chi connectivity index (χ1) is 10.1. The van der Waals surface area contributed by atoms with Gasteiger partial charge in [0.25, 0.3) is 0 Å². The third-order valence-corrected chi connectivity index (χ3v) is 3.28. The quantitative estimate of drug-likeness (QED) is 0.849. The maximum absolute atomic E-state index is 11.3. The van der Waals surface area contributed by atoms with Crippen LogP contribution in [0.3, 0.4) is 0 Å². The van der Waals surface area contributed by atoms with Gasteiger partial charge in [0.2, 0.25) is 5.95 Å². The van der Waals surface area contributed by atoms with Gasteiger partial charge in [-0.25, -0.2) is 4.98 Å². The van der Waals surface area contributed by atoms with Gasteiger partial charge in [0.15, 0.2) is 11.5 Å². The largest absolute Gasteiger partial charge is 0.493 e. The molecule has 0 fully saturated rings. The Morgan fingerprint density at radius 3 is 2.52 bits per heavy atom. The van der Waals surface area contributed by atoms with Crippen molar-refractivity contribution in [2.45, 2.75) is 26.8 Å². The van der Waals surface area contributed by atoms with Crippen molar-refractivity contribution >= 4 is 22.8 Å². The zero-order valence-electron chi connectivity index (χ0n) is 12.9. The fourth-order valence-corrected chi connectivity index (χ4v) is 2.24. The second-order valence-electron chi connectivity index (χ2n) is 4.77. The third-order valence-electron chi connectivity index (χ3n) is 3.28. The number of ether oxygens (including phenoxy) is 2. The van der Waals surface area contributed by atoms with E-state index in [-0.39, 0.29) is 5.78 Å². The highest BCUT2D eigenvalue weighted by atomic mass is 16.5. The summed E-state index contributed by atoms with van der Waals surface area (Å²) in [5.74, 6) is 2.20. The van der Waals surface area contributed by atoms with Crippen LogP contribution in [0.25, 0.3) is 11.0 Å². The first-order valence-electron chi connectivity index (χ1n) is 6.96. The summed E-state index contributed by atoms with van der Waals surface area (Å²) < 4.78 is 12.6. The Hall–Kier alpha value is -2.24. The van der Waals surface area contributed by atoms with Gasteiger partial charge in [0.05, 0.1) is 25.3 Å². The lowest BCUT2D eigenvalue weighted by molar-refractivity contribution is -0.117. The van der Waals surface area contributed by atoms with Crippen LogP contribution in [0.2, 0.25) is 0 Å². The maximum Gasteiger partial charge on any atom is 0.203 e. The summed E-state index contributed by atoms with van der Waals surface area (Å²) in [5.41, 5.74) is 1.73. The molecule has 0 radical (unpaired) electrons. The molecule has 0 amide bonds. The van der Waals surface area contributed by atoms with E-state index in [0.29, 0.717) is 24.5 Å². The number of aromatic nitrogens is 2. The van der Waals surface area contributed by atoms with Crippen LogP contribution in [0.1, 0.15) is 20.3 Å². The van der Waals surface area contributed by atoms with Crippen LogP contribution in [-0.4, -0.2) is 36.1 Å². The predicted molar refractivity (Wildman–Crippen MR) is 82.3 cm³/mol. The number of imidazole rings is 1. The summed E-state index contributed by atoms with van der Waals surface area (Å²) >= 11 is 0. The number of benzene rings is 1. The average molecular weight is 291 g/mol. The van der Waals surface area contributed by atoms with Crippen LogP contribution in [0.4, 0.5) is 5.95 Å². The smallest absolute Gasteiger partial charge is 0.203 e. The van der Waals surface area contributed by atoms with Crippen molar-refractivity contribution in [2.24, 2.45) is 0 Å². The molecule has 0 bridgehead atoms. The average Bonchev–Trinajstić information content (AvgIpc) is 2.80. The van der Waals surface area contributed by atoms with Crippen molar-refractivity contribution in [3.05, 3.63) is 12.1 Å². The fraction of sp³-hybridized carbons (Fsp3) is 0.467.